The number of hydrogen-bond acceptors (Lipinski definition) is 3. The third-order valence-electron chi connectivity index (χ3n) is 2.43. The molecule has 0 spiro atoms. The lowest BCUT2D eigenvalue weighted by atomic mass is 10.2. The van der Waals surface area contributed by atoms with Gasteiger partial charge in [-0.05, 0) is 38.1 Å². The van der Waals surface area contributed by atoms with Crippen molar-refractivity contribution in [2.45, 2.75) is 18.7 Å². The van der Waals surface area contributed by atoms with Gasteiger partial charge in [0.2, 0.25) is 0 Å². The van der Waals surface area contributed by atoms with E-state index in [0.29, 0.717) is 18.7 Å². The van der Waals surface area contributed by atoms with Gasteiger partial charge in [-0.25, -0.2) is 8.42 Å². The van der Waals surface area contributed by atoms with Gasteiger partial charge in [-0.15, -0.1) is 0 Å². The highest BCUT2D eigenvalue weighted by atomic mass is 35.7. The van der Waals surface area contributed by atoms with Gasteiger partial charge in [0.1, 0.15) is 0 Å². The van der Waals surface area contributed by atoms with E-state index >= 15 is 0 Å². The zero-order chi connectivity index (χ0) is 13.1. The average Bonchev–Trinajstić information content (AvgIpc) is 2.29. The third-order valence-corrected chi connectivity index (χ3v) is 3.80. The fraction of sp³-hybridized carbons (Fsp3) is 0.364. The molecule has 17 heavy (non-hydrogen) atoms. The second-order valence-electron chi connectivity index (χ2n) is 3.44. The largest absolute Gasteiger partial charge is 0.339 e. The lowest BCUT2D eigenvalue weighted by Gasteiger charge is -2.18. The zero-order valence-electron chi connectivity index (χ0n) is 9.68. The molecule has 0 atom stereocenters. The first kappa shape index (κ1) is 14.0. The normalized spacial score (nSPS) is 11.2. The summed E-state index contributed by atoms with van der Waals surface area (Å²) >= 11 is 0. The maximum Gasteiger partial charge on any atom is 0.261 e. The number of carbonyl (C=O) groups is 1. The van der Waals surface area contributed by atoms with E-state index in [1.165, 1.54) is 24.3 Å². The van der Waals surface area contributed by atoms with Crippen LogP contribution in [0.3, 0.4) is 0 Å². The molecule has 0 unspecified atom stereocenters. The molecule has 4 nitrogen and oxygen atoms in total. The predicted molar refractivity (Wildman–Crippen MR) is 66.7 cm³/mol. The van der Waals surface area contributed by atoms with Gasteiger partial charge in [-0.2, -0.15) is 0 Å². The molecule has 1 aromatic rings. The van der Waals surface area contributed by atoms with E-state index in [-0.39, 0.29) is 10.8 Å². The van der Waals surface area contributed by atoms with Gasteiger partial charge in [0.05, 0.1) is 4.90 Å². The van der Waals surface area contributed by atoms with Crippen molar-refractivity contribution in [3.8, 4) is 0 Å². The molecule has 0 heterocycles. The first-order valence-corrected chi connectivity index (χ1v) is 7.55. The van der Waals surface area contributed by atoms with E-state index < -0.39 is 9.05 Å². The minimum atomic E-state index is -3.73. The number of hydrogen-bond donors (Lipinski definition) is 0. The molecule has 0 aliphatic heterocycles. The minimum absolute atomic E-state index is 0.00439. The Labute approximate surface area is 106 Å². The summed E-state index contributed by atoms with van der Waals surface area (Å²) in [5.41, 5.74) is 0.456. The predicted octanol–water partition coefficient (Wildman–Crippen LogP) is 2.10. The molecule has 0 aliphatic carbocycles. The molecule has 0 radical (unpaired) electrons. The maximum atomic E-state index is 11.9. The first-order valence-electron chi connectivity index (χ1n) is 5.24. The molecule has 0 bridgehead atoms. The Balaban J connectivity index is 2.99. The molecule has 0 aromatic heterocycles. The van der Waals surface area contributed by atoms with Crippen molar-refractivity contribution in [2.75, 3.05) is 13.1 Å². The summed E-state index contributed by atoms with van der Waals surface area (Å²) in [6.45, 7) is 5.01. The second-order valence-corrected chi connectivity index (χ2v) is 6.01. The van der Waals surface area contributed by atoms with E-state index in [0.717, 1.165) is 0 Å². The highest BCUT2D eigenvalue weighted by Crippen LogP contribution is 2.16. The third kappa shape index (κ3) is 3.44. The summed E-state index contributed by atoms with van der Waals surface area (Å²) in [5, 5.41) is 0. The molecule has 0 saturated heterocycles. The molecule has 0 N–H and O–H groups in total. The molecule has 0 saturated carbocycles. The standard InChI is InChI=1S/C11H14ClNO3S/c1-3-13(4-2)11(14)9-5-7-10(8-6-9)17(12,15)16/h5-8H,3-4H2,1-2H3. The second kappa shape index (κ2) is 5.51. The highest BCUT2D eigenvalue weighted by molar-refractivity contribution is 8.13. The topological polar surface area (TPSA) is 54.5 Å². The Bertz CT molecular complexity index is 492. The van der Waals surface area contributed by atoms with Gasteiger partial charge in [-0.1, -0.05) is 0 Å². The SMILES string of the molecule is CCN(CC)C(=O)c1ccc(S(=O)(=O)Cl)cc1. The lowest BCUT2D eigenvalue weighted by molar-refractivity contribution is 0.0773. The highest BCUT2D eigenvalue weighted by Gasteiger charge is 2.14. The van der Waals surface area contributed by atoms with E-state index in [9.17, 15) is 13.2 Å². The van der Waals surface area contributed by atoms with Crippen LogP contribution in [0.25, 0.3) is 0 Å². The molecular weight excluding hydrogens is 262 g/mol. The van der Waals surface area contributed by atoms with Gasteiger partial charge in [-0.3, -0.25) is 4.79 Å². The molecule has 1 aromatic carbocycles. The van der Waals surface area contributed by atoms with Crippen molar-refractivity contribution in [1.29, 1.82) is 0 Å². The monoisotopic (exact) mass is 275 g/mol. The summed E-state index contributed by atoms with van der Waals surface area (Å²) in [4.78, 5) is 13.6. The van der Waals surface area contributed by atoms with E-state index in [1.807, 2.05) is 13.8 Å². The van der Waals surface area contributed by atoms with Gasteiger partial charge in [0, 0.05) is 29.3 Å². The molecular formula is C11H14ClNO3S. The van der Waals surface area contributed by atoms with Crippen LogP contribution in [0.4, 0.5) is 0 Å². The minimum Gasteiger partial charge on any atom is -0.339 e. The molecule has 0 aliphatic rings. The van der Waals surface area contributed by atoms with Crippen LogP contribution in [0.2, 0.25) is 0 Å². The molecule has 1 amide bonds. The van der Waals surface area contributed by atoms with E-state index in [4.69, 9.17) is 10.7 Å². The van der Waals surface area contributed by atoms with E-state index in [2.05, 4.69) is 0 Å². The first-order chi connectivity index (χ1) is 7.90. The number of carbonyl (C=O) groups excluding carboxylic acids is 1. The van der Waals surface area contributed by atoms with Gasteiger partial charge >= 0.3 is 0 Å². The quantitative estimate of drug-likeness (QED) is 0.791. The van der Waals surface area contributed by atoms with E-state index in [1.54, 1.807) is 4.90 Å². The average molecular weight is 276 g/mol. The van der Waals surface area contributed by atoms with Gasteiger partial charge < -0.3 is 4.90 Å². The fourth-order valence-electron chi connectivity index (χ4n) is 1.45. The van der Waals surface area contributed by atoms with Crippen LogP contribution < -0.4 is 0 Å². The molecule has 94 valence electrons. The van der Waals surface area contributed by atoms with Crippen LogP contribution in [0, 0.1) is 0 Å². The fourth-order valence-corrected chi connectivity index (χ4v) is 2.22. The summed E-state index contributed by atoms with van der Waals surface area (Å²) in [6, 6.07) is 5.60. The van der Waals surface area contributed by atoms with Crippen molar-refractivity contribution < 1.29 is 13.2 Å². The van der Waals surface area contributed by atoms with Crippen molar-refractivity contribution in [3.05, 3.63) is 29.8 Å². The van der Waals surface area contributed by atoms with Crippen LogP contribution in [-0.2, 0) is 9.05 Å². The maximum absolute atomic E-state index is 11.9. The van der Waals surface area contributed by atoms with Crippen molar-refractivity contribution in [1.82, 2.24) is 4.90 Å². The van der Waals surface area contributed by atoms with Crippen molar-refractivity contribution in [3.63, 3.8) is 0 Å². The summed E-state index contributed by atoms with van der Waals surface area (Å²) < 4.78 is 22.1. The van der Waals surface area contributed by atoms with Gasteiger partial charge in [0.25, 0.3) is 15.0 Å². The van der Waals surface area contributed by atoms with Crippen LogP contribution in [0.1, 0.15) is 24.2 Å². The van der Waals surface area contributed by atoms with Crippen LogP contribution >= 0.6 is 10.7 Å². The van der Waals surface area contributed by atoms with Gasteiger partial charge in [0.15, 0.2) is 0 Å². The number of benzene rings is 1. The van der Waals surface area contributed by atoms with Crippen LogP contribution in [0.15, 0.2) is 29.2 Å². The number of halogens is 1. The van der Waals surface area contributed by atoms with Crippen LogP contribution in [-0.4, -0.2) is 32.3 Å². The summed E-state index contributed by atoms with van der Waals surface area (Å²) in [7, 11) is 1.46. The molecule has 0 fully saturated rings. The van der Waals surface area contributed by atoms with Crippen molar-refractivity contribution in [2.24, 2.45) is 0 Å². The zero-order valence-corrected chi connectivity index (χ0v) is 11.3. The number of nitrogens with zero attached hydrogens (tertiary/aromatic N) is 1. The molecule has 6 heteroatoms. The molecule has 1 rings (SSSR count). The van der Waals surface area contributed by atoms with Crippen molar-refractivity contribution >= 4 is 25.6 Å². The Morgan fingerprint density at radius 3 is 2.00 bits per heavy atom. The Kier molecular flexibility index (Phi) is 4.54. The number of rotatable bonds is 4. The lowest BCUT2D eigenvalue weighted by Crippen LogP contribution is -2.30. The summed E-state index contributed by atoms with van der Waals surface area (Å²) in [5.74, 6) is -0.117. The Morgan fingerprint density at radius 2 is 1.65 bits per heavy atom. The Morgan fingerprint density at radius 1 is 1.18 bits per heavy atom. The summed E-state index contributed by atoms with van der Waals surface area (Å²) in [6.07, 6.45) is 0. The smallest absolute Gasteiger partial charge is 0.261 e. The van der Waals surface area contributed by atoms with Crippen LogP contribution in [0.5, 0.6) is 0 Å². The Hall–Kier alpha value is -1.07. The number of amides is 1.